The Morgan fingerprint density at radius 3 is 2.32 bits per heavy atom. The summed E-state index contributed by atoms with van der Waals surface area (Å²) in [7, 11) is 0. The lowest BCUT2D eigenvalue weighted by atomic mass is 10.2. The molecule has 1 heterocycles. The molecule has 0 aliphatic heterocycles. The molecule has 138 valence electrons. The summed E-state index contributed by atoms with van der Waals surface area (Å²) in [5.41, 5.74) is 3.41. The van der Waals surface area contributed by atoms with Gasteiger partial charge < -0.3 is 5.32 Å². The molecule has 0 radical (unpaired) electrons. The van der Waals surface area contributed by atoms with Crippen LogP contribution >= 0.6 is 15.9 Å². The molecule has 0 saturated heterocycles. The van der Waals surface area contributed by atoms with Crippen molar-refractivity contribution < 1.29 is 4.79 Å². The summed E-state index contributed by atoms with van der Waals surface area (Å²) in [4.78, 5) is 17.3. The predicted molar refractivity (Wildman–Crippen MR) is 114 cm³/mol. The van der Waals surface area contributed by atoms with Crippen molar-refractivity contribution in [2.24, 2.45) is 0 Å². The molecule has 4 rings (SSSR count). The van der Waals surface area contributed by atoms with Gasteiger partial charge in [0.25, 0.3) is 5.91 Å². The molecule has 6 heteroatoms. The van der Waals surface area contributed by atoms with E-state index >= 15 is 0 Å². The van der Waals surface area contributed by atoms with Crippen LogP contribution in [0.3, 0.4) is 0 Å². The molecule has 3 aromatic carbocycles. The standard InChI is InChI=1S/C22H17BrN4O/c1-15-14-17(23)12-13-19(15)24-22(28)20-25-21(16-8-4-2-5-9-16)27(26-20)18-10-6-3-7-11-18/h2-14H,1H3,(H,24,28). The Morgan fingerprint density at radius 2 is 1.64 bits per heavy atom. The van der Waals surface area contributed by atoms with Gasteiger partial charge in [-0.25, -0.2) is 9.67 Å². The third-order valence-corrected chi connectivity index (χ3v) is 4.77. The van der Waals surface area contributed by atoms with E-state index in [-0.39, 0.29) is 11.7 Å². The molecule has 0 spiro atoms. The number of amides is 1. The molecule has 0 aliphatic carbocycles. The van der Waals surface area contributed by atoms with Crippen molar-refractivity contribution in [3.8, 4) is 17.1 Å². The van der Waals surface area contributed by atoms with E-state index in [1.165, 1.54) is 0 Å². The Hall–Kier alpha value is -3.25. The molecule has 5 nitrogen and oxygen atoms in total. The highest BCUT2D eigenvalue weighted by Crippen LogP contribution is 2.23. The van der Waals surface area contributed by atoms with Crippen molar-refractivity contribution in [3.63, 3.8) is 0 Å². The zero-order valence-corrected chi connectivity index (χ0v) is 16.7. The van der Waals surface area contributed by atoms with Gasteiger partial charge in [0.2, 0.25) is 5.82 Å². The van der Waals surface area contributed by atoms with Crippen LogP contribution in [0.2, 0.25) is 0 Å². The van der Waals surface area contributed by atoms with Crippen LogP contribution in [0.1, 0.15) is 16.2 Å². The predicted octanol–water partition coefficient (Wildman–Crippen LogP) is 5.26. The first-order valence-electron chi connectivity index (χ1n) is 8.77. The van der Waals surface area contributed by atoms with Crippen LogP contribution in [-0.2, 0) is 0 Å². The molecule has 1 amide bonds. The van der Waals surface area contributed by atoms with Crippen LogP contribution in [0.25, 0.3) is 17.1 Å². The summed E-state index contributed by atoms with van der Waals surface area (Å²) in [6.07, 6.45) is 0. The highest BCUT2D eigenvalue weighted by molar-refractivity contribution is 9.10. The summed E-state index contributed by atoms with van der Waals surface area (Å²) < 4.78 is 2.65. The number of nitrogens with zero attached hydrogens (tertiary/aromatic N) is 3. The highest BCUT2D eigenvalue weighted by Gasteiger charge is 2.19. The fourth-order valence-electron chi connectivity index (χ4n) is 2.88. The van der Waals surface area contributed by atoms with E-state index < -0.39 is 0 Å². The first-order valence-corrected chi connectivity index (χ1v) is 9.56. The van der Waals surface area contributed by atoms with Crippen molar-refractivity contribution >= 4 is 27.5 Å². The van der Waals surface area contributed by atoms with Crippen LogP contribution in [0, 0.1) is 6.92 Å². The molecule has 1 N–H and O–H groups in total. The Morgan fingerprint density at radius 1 is 0.964 bits per heavy atom. The van der Waals surface area contributed by atoms with E-state index in [4.69, 9.17) is 0 Å². The second-order valence-electron chi connectivity index (χ2n) is 6.29. The maximum absolute atomic E-state index is 12.8. The van der Waals surface area contributed by atoms with Gasteiger partial charge in [-0.05, 0) is 42.8 Å². The summed E-state index contributed by atoms with van der Waals surface area (Å²) in [5, 5.41) is 7.38. The largest absolute Gasteiger partial charge is 0.319 e. The van der Waals surface area contributed by atoms with Crippen molar-refractivity contribution in [3.05, 3.63) is 94.7 Å². The molecule has 0 bridgehead atoms. The number of halogens is 1. The zero-order chi connectivity index (χ0) is 19.5. The molecule has 0 unspecified atom stereocenters. The minimum absolute atomic E-state index is 0.116. The van der Waals surface area contributed by atoms with Gasteiger partial charge in [0.05, 0.1) is 5.69 Å². The smallest absolute Gasteiger partial charge is 0.295 e. The quantitative estimate of drug-likeness (QED) is 0.478. The molecule has 0 atom stereocenters. The molecule has 1 aromatic heterocycles. The second kappa shape index (κ2) is 7.78. The maximum Gasteiger partial charge on any atom is 0.295 e. The number of carbonyl (C=O) groups is 1. The normalized spacial score (nSPS) is 10.6. The van der Waals surface area contributed by atoms with Crippen LogP contribution < -0.4 is 5.32 Å². The Balaban J connectivity index is 1.74. The third-order valence-electron chi connectivity index (χ3n) is 4.28. The minimum Gasteiger partial charge on any atom is -0.319 e. The number of aryl methyl sites for hydroxylation is 1. The summed E-state index contributed by atoms with van der Waals surface area (Å²) in [6, 6.07) is 25.0. The number of hydrogen-bond donors (Lipinski definition) is 1. The highest BCUT2D eigenvalue weighted by atomic mass is 79.9. The molecule has 28 heavy (non-hydrogen) atoms. The van der Waals surface area contributed by atoms with Gasteiger partial charge in [0.15, 0.2) is 5.82 Å². The van der Waals surface area contributed by atoms with E-state index in [9.17, 15) is 4.79 Å². The van der Waals surface area contributed by atoms with Gasteiger partial charge in [0.1, 0.15) is 0 Å². The van der Waals surface area contributed by atoms with Gasteiger partial charge in [-0.15, -0.1) is 5.10 Å². The van der Waals surface area contributed by atoms with Crippen molar-refractivity contribution in [1.82, 2.24) is 14.8 Å². The summed E-state index contributed by atoms with van der Waals surface area (Å²) in [6.45, 7) is 1.94. The fourth-order valence-corrected chi connectivity index (χ4v) is 3.35. The molecule has 0 saturated carbocycles. The maximum atomic E-state index is 12.8. The van der Waals surface area contributed by atoms with Crippen molar-refractivity contribution in [2.45, 2.75) is 6.92 Å². The Kier molecular flexibility index (Phi) is 5.04. The molecule has 4 aromatic rings. The lowest BCUT2D eigenvalue weighted by molar-refractivity contribution is 0.101. The van der Waals surface area contributed by atoms with Gasteiger partial charge in [0, 0.05) is 15.7 Å². The van der Waals surface area contributed by atoms with Crippen molar-refractivity contribution in [1.29, 1.82) is 0 Å². The zero-order valence-electron chi connectivity index (χ0n) is 15.1. The molecule has 0 aliphatic rings. The van der Waals surface area contributed by atoms with Gasteiger partial charge in [-0.3, -0.25) is 4.79 Å². The Bertz CT molecular complexity index is 1070. The van der Waals surface area contributed by atoms with Crippen LogP contribution in [0.5, 0.6) is 0 Å². The summed E-state index contributed by atoms with van der Waals surface area (Å²) in [5.74, 6) is 0.381. The first-order chi connectivity index (χ1) is 13.6. The number of rotatable bonds is 4. The second-order valence-corrected chi connectivity index (χ2v) is 7.20. The number of benzene rings is 3. The fraction of sp³-hybridized carbons (Fsp3) is 0.0455. The lowest BCUT2D eigenvalue weighted by Crippen LogP contribution is -2.15. The summed E-state index contributed by atoms with van der Waals surface area (Å²) >= 11 is 3.43. The monoisotopic (exact) mass is 432 g/mol. The number of hydrogen-bond acceptors (Lipinski definition) is 3. The van der Waals surface area contributed by atoms with Gasteiger partial charge in [-0.2, -0.15) is 0 Å². The number of para-hydroxylation sites is 1. The van der Waals surface area contributed by atoms with Gasteiger partial charge >= 0.3 is 0 Å². The first kappa shape index (κ1) is 18.1. The molecular weight excluding hydrogens is 416 g/mol. The van der Waals surface area contributed by atoms with Gasteiger partial charge in [-0.1, -0.05) is 64.5 Å². The van der Waals surface area contributed by atoms with Crippen molar-refractivity contribution in [2.75, 3.05) is 5.32 Å². The third kappa shape index (κ3) is 3.73. The van der Waals surface area contributed by atoms with Crippen LogP contribution in [-0.4, -0.2) is 20.7 Å². The van der Waals surface area contributed by atoms with E-state index in [1.54, 1.807) is 4.68 Å². The topological polar surface area (TPSA) is 59.8 Å². The molecular formula is C22H17BrN4O. The van der Waals surface area contributed by atoms with E-state index in [1.807, 2.05) is 85.8 Å². The number of aromatic nitrogens is 3. The van der Waals surface area contributed by atoms with E-state index in [0.29, 0.717) is 5.82 Å². The number of nitrogens with one attached hydrogen (secondary N) is 1. The minimum atomic E-state index is -0.350. The van der Waals surface area contributed by atoms with E-state index in [2.05, 4.69) is 31.3 Å². The lowest BCUT2D eigenvalue weighted by Gasteiger charge is -2.06. The average molecular weight is 433 g/mol. The van der Waals surface area contributed by atoms with Crippen LogP contribution in [0.15, 0.2) is 83.3 Å². The molecule has 0 fully saturated rings. The van der Waals surface area contributed by atoms with Crippen LogP contribution in [0.4, 0.5) is 5.69 Å². The number of carbonyl (C=O) groups excluding carboxylic acids is 1. The number of anilines is 1. The Labute approximate surface area is 171 Å². The van der Waals surface area contributed by atoms with E-state index in [0.717, 1.165) is 27.0 Å². The average Bonchev–Trinajstić information content (AvgIpc) is 3.17. The SMILES string of the molecule is Cc1cc(Br)ccc1NC(=O)c1nc(-c2ccccc2)n(-c2ccccc2)n1.